The van der Waals surface area contributed by atoms with Crippen LogP contribution in [0.1, 0.15) is 29.6 Å². The molecule has 10 heteroatoms. The van der Waals surface area contributed by atoms with E-state index in [0.29, 0.717) is 11.6 Å². The first-order valence-electron chi connectivity index (χ1n) is 8.57. The van der Waals surface area contributed by atoms with E-state index in [1.54, 1.807) is 6.33 Å². The highest BCUT2D eigenvalue weighted by Gasteiger charge is 2.17. The Kier molecular flexibility index (Phi) is 10.1. The predicted molar refractivity (Wildman–Crippen MR) is 116 cm³/mol. The van der Waals surface area contributed by atoms with Gasteiger partial charge in [0.1, 0.15) is 5.01 Å². The number of rotatable bonds is 8. The van der Waals surface area contributed by atoms with Crippen LogP contribution in [0.2, 0.25) is 0 Å². The molecule has 3 N–H and O–H groups in total. The van der Waals surface area contributed by atoms with Crippen LogP contribution in [-0.4, -0.2) is 31.7 Å². The molecule has 1 atom stereocenters. The molecule has 0 aliphatic heterocycles. The molecule has 152 valence electrons. The predicted octanol–water partition coefficient (Wildman–Crippen LogP) is 3.09. The number of anilines is 1. The zero-order valence-corrected chi connectivity index (χ0v) is 17.9. The summed E-state index contributed by atoms with van der Waals surface area (Å²) in [5.74, 6) is -0.276. The number of imidazole rings is 1. The molecule has 0 saturated carbocycles. The van der Waals surface area contributed by atoms with E-state index in [9.17, 15) is 4.79 Å². The highest BCUT2D eigenvalue weighted by molar-refractivity contribution is 7.15. The first-order valence-corrected chi connectivity index (χ1v) is 9.39. The summed E-state index contributed by atoms with van der Waals surface area (Å²) in [5, 5.41) is 12.2. The number of hydrogen-bond donors (Lipinski definition) is 2. The van der Waals surface area contributed by atoms with Gasteiger partial charge in [-0.3, -0.25) is 10.1 Å². The number of nitrogens with one attached hydrogen (secondary N) is 1. The van der Waals surface area contributed by atoms with Gasteiger partial charge in [0.2, 0.25) is 11.0 Å². The quantitative estimate of drug-likeness (QED) is 0.558. The summed E-state index contributed by atoms with van der Waals surface area (Å²) >= 11 is 1.39. The number of hydrogen-bond acceptors (Lipinski definition) is 6. The van der Waals surface area contributed by atoms with Crippen LogP contribution in [0.4, 0.5) is 5.13 Å². The minimum Gasteiger partial charge on any atom is -0.333 e. The Morgan fingerprint density at radius 3 is 2.71 bits per heavy atom. The SMILES string of the molecule is CCCc1nnc(NC(=O)[C@@H](N)Cc2cn(Cc3ccccc3)cn2)s1.Cl.Cl. The average molecular weight is 443 g/mol. The number of aryl methyl sites for hydroxylation is 1. The fourth-order valence-electron chi connectivity index (χ4n) is 2.53. The molecule has 2 heterocycles. The third-order valence-corrected chi connectivity index (χ3v) is 4.72. The van der Waals surface area contributed by atoms with Crippen LogP contribution in [-0.2, 0) is 24.2 Å². The summed E-state index contributed by atoms with van der Waals surface area (Å²) in [5.41, 5.74) is 8.00. The lowest BCUT2D eigenvalue weighted by Gasteiger charge is -2.08. The lowest BCUT2D eigenvalue weighted by atomic mass is 10.1. The van der Waals surface area contributed by atoms with Crippen molar-refractivity contribution in [2.45, 2.75) is 38.8 Å². The lowest BCUT2D eigenvalue weighted by molar-refractivity contribution is -0.117. The van der Waals surface area contributed by atoms with Crippen LogP contribution < -0.4 is 11.1 Å². The van der Waals surface area contributed by atoms with Crippen molar-refractivity contribution in [2.75, 3.05) is 5.32 Å². The maximum atomic E-state index is 12.2. The van der Waals surface area contributed by atoms with Gasteiger partial charge in [-0.05, 0) is 12.0 Å². The average Bonchev–Trinajstić information content (AvgIpc) is 3.25. The van der Waals surface area contributed by atoms with Gasteiger partial charge in [0, 0.05) is 25.6 Å². The van der Waals surface area contributed by atoms with Crippen molar-refractivity contribution in [3.63, 3.8) is 0 Å². The number of carbonyl (C=O) groups excluding carboxylic acids is 1. The highest BCUT2D eigenvalue weighted by Crippen LogP contribution is 2.16. The van der Waals surface area contributed by atoms with Crippen molar-refractivity contribution < 1.29 is 4.79 Å². The second kappa shape index (κ2) is 11.8. The van der Waals surface area contributed by atoms with E-state index in [-0.39, 0.29) is 30.7 Å². The minimum atomic E-state index is -0.686. The molecule has 3 aromatic rings. The van der Waals surface area contributed by atoms with Crippen molar-refractivity contribution in [3.8, 4) is 0 Å². The molecule has 7 nitrogen and oxygen atoms in total. The maximum Gasteiger partial charge on any atom is 0.243 e. The van der Waals surface area contributed by atoms with E-state index in [4.69, 9.17) is 5.73 Å². The zero-order chi connectivity index (χ0) is 18.4. The van der Waals surface area contributed by atoms with E-state index in [2.05, 4.69) is 39.6 Å². The molecule has 2 aromatic heterocycles. The van der Waals surface area contributed by atoms with Gasteiger partial charge in [-0.25, -0.2) is 4.98 Å². The molecule has 0 spiro atoms. The van der Waals surface area contributed by atoms with Gasteiger partial charge < -0.3 is 10.3 Å². The van der Waals surface area contributed by atoms with E-state index < -0.39 is 6.04 Å². The molecule has 1 aromatic carbocycles. The van der Waals surface area contributed by atoms with Crippen LogP contribution in [0.3, 0.4) is 0 Å². The Morgan fingerprint density at radius 2 is 2.00 bits per heavy atom. The number of nitrogens with zero attached hydrogens (tertiary/aromatic N) is 4. The first-order chi connectivity index (χ1) is 12.6. The zero-order valence-electron chi connectivity index (χ0n) is 15.4. The van der Waals surface area contributed by atoms with E-state index in [0.717, 1.165) is 30.1 Å². The van der Waals surface area contributed by atoms with E-state index in [1.165, 1.54) is 16.9 Å². The fraction of sp³-hybridized carbons (Fsp3) is 0.333. The molecular formula is C18H24Cl2N6OS. The van der Waals surface area contributed by atoms with Crippen LogP contribution >= 0.6 is 36.2 Å². The van der Waals surface area contributed by atoms with Gasteiger partial charge >= 0.3 is 0 Å². The molecule has 0 saturated heterocycles. The molecule has 0 radical (unpaired) electrons. The third kappa shape index (κ3) is 6.87. The van der Waals surface area contributed by atoms with E-state index in [1.807, 2.05) is 29.0 Å². The van der Waals surface area contributed by atoms with Crippen LogP contribution in [0.15, 0.2) is 42.9 Å². The van der Waals surface area contributed by atoms with Gasteiger partial charge in [-0.1, -0.05) is 48.6 Å². The summed E-state index contributed by atoms with van der Waals surface area (Å²) in [6.45, 7) is 2.81. The smallest absolute Gasteiger partial charge is 0.243 e. The summed E-state index contributed by atoms with van der Waals surface area (Å²) < 4.78 is 1.98. The number of aromatic nitrogens is 4. The number of nitrogens with two attached hydrogens (primary N) is 1. The molecule has 0 aliphatic carbocycles. The Morgan fingerprint density at radius 1 is 1.25 bits per heavy atom. The summed E-state index contributed by atoms with van der Waals surface area (Å²) in [6, 6.07) is 9.44. The number of carbonyl (C=O) groups is 1. The largest absolute Gasteiger partial charge is 0.333 e. The molecule has 28 heavy (non-hydrogen) atoms. The minimum absolute atomic E-state index is 0. The van der Waals surface area contributed by atoms with Gasteiger partial charge in [-0.2, -0.15) is 0 Å². The lowest BCUT2D eigenvalue weighted by Crippen LogP contribution is -2.37. The Labute approximate surface area is 180 Å². The van der Waals surface area contributed by atoms with Crippen molar-refractivity contribution in [3.05, 3.63) is 59.1 Å². The second-order valence-corrected chi connectivity index (χ2v) is 7.14. The van der Waals surface area contributed by atoms with Crippen molar-refractivity contribution in [1.82, 2.24) is 19.7 Å². The molecule has 1 amide bonds. The van der Waals surface area contributed by atoms with E-state index >= 15 is 0 Å². The van der Waals surface area contributed by atoms with Crippen LogP contribution in [0.25, 0.3) is 0 Å². The molecule has 0 aliphatic rings. The van der Waals surface area contributed by atoms with Gasteiger partial charge in [0.15, 0.2) is 0 Å². The van der Waals surface area contributed by atoms with Crippen LogP contribution in [0.5, 0.6) is 0 Å². The summed E-state index contributed by atoms with van der Waals surface area (Å²) in [7, 11) is 0. The highest BCUT2D eigenvalue weighted by atomic mass is 35.5. The normalized spacial score (nSPS) is 11.2. The molecule has 0 unspecified atom stereocenters. The van der Waals surface area contributed by atoms with Crippen molar-refractivity contribution in [1.29, 1.82) is 0 Å². The first kappa shape index (κ1) is 24.0. The van der Waals surface area contributed by atoms with Crippen molar-refractivity contribution >= 4 is 47.2 Å². The van der Waals surface area contributed by atoms with Gasteiger partial charge in [0.05, 0.1) is 18.1 Å². The van der Waals surface area contributed by atoms with Crippen molar-refractivity contribution in [2.24, 2.45) is 5.73 Å². The molecular weight excluding hydrogens is 419 g/mol. The standard InChI is InChI=1S/C18H22N6OS.2ClH/c1-2-6-16-22-23-18(26-16)21-17(25)15(19)9-14-11-24(12-20-14)10-13-7-4-3-5-8-13;;/h3-5,7-8,11-12,15H,2,6,9-10,19H2,1H3,(H,21,23,25);2*1H/t15-;;/m0../s1. The molecule has 3 rings (SSSR count). The monoisotopic (exact) mass is 442 g/mol. The van der Waals surface area contributed by atoms with Crippen LogP contribution in [0, 0.1) is 0 Å². The second-order valence-electron chi connectivity index (χ2n) is 6.07. The summed E-state index contributed by atoms with van der Waals surface area (Å²) in [6.07, 6.45) is 5.90. The maximum absolute atomic E-state index is 12.2. The Balaban J connectivity index is 0.00000196. The Hall–Kier alpha value is -2.00. The Bertz CT molecular complexity index is 855. The number of benzene rings is 1. The fourth-order valence-corrected chi connectivity index (χ4v) is 3.37. The topological polar surface area (TPSA) is 98.7 Å². The summed E-state index contributed by atoms with van der Waals surface area (Å²) in [4.78, 5) is 16.6. The number of amides is 1. The molecule has 0 bridgehead atoms. The number of halogens is 2. The molecule has 0 fully saturated rings. The van der Waals surface area contributed by atoms with Gasteiger partial charge in [0.25, 0.3) is 0 Å². The third-order valence-electron chi connectivity index (χ3n) is 3.82. The van der Waals surface area contributed by atoms with Gasteiger partial charge in [-0.15, -0.1) is 35.0 Å².